The molecule has 7 nitrogen and oxygen atoms in total. The standard InChI is InChI=1S/C23H26N2O5S/c1-15-12-17-13-20(8-9-21(17)25(15)23(27)16-6-7-16)31(28,29)11-10-22(26)24-18-4-3-5-19(14-18)30-2/h3-5,8-9,13-16H,6-7,10-12H2,1-2H3,(H,24,26). The van der Waals surface area contributed by atoms with Gasteiger partial charge in [0.25, 0.3) is 0 Å². The molecule has 1 atom stereocenters. The molecule has 31 heavy (non-hydrogen) atoms. The van der Waals surface area contributed by atoms with Gasteiger partial charge in [-0.3, -0.25) is 9.59 Å². The highest BCUT2D eigenvalue weighted by Gasteiger charge is 2.39. The lowest BCUT2D eigenvalue weighted by Gasteiger charge is -2.22. The van der Waals surface area contributed by atoms with Gasteiger partial charge in [0.15, 0.2) is 9.84 Å². The van der Waals surface area contributed by atoms with Gasteiger partial charge in [0.1, 0.15) is 5.75 Å². The number of nitrogens with zero attached hydrogens (tertiary/aromatic N) is 1. The molecule has 8 heteroatoms. The molecule has 2 aromatic rings. The monoisotopic (exact) mass is 442 g/mol. The van der Waals surface area contributed by atoms with Gasteiger partial charge < -0.3 is 15.0 Å². The molecule has 2 aromatic carbocycles. The van der Waals surface area contributed by atoms with Gasteiger partial charge in [0.2, 0.25) is 11.8 Å². The third-order valence-electron chi connectivity index (χ3n) is 5.74. The molecule has 1 N–H and O–H groups in total. The van der Waals surface area contributed by atoms with E-state index in [1.54, 1.807) is 42.5 Å². The predicted octanol–water partition coefficient (Wildman–Crippen LogP) is 3.19. The first-order chi connectivity index (χ1) is 14.8. The van der Waals surface area contributed by atoms with E-state index in [2.05, 4.69) is 5.32 Å². The van der Waals surface area contributed by atoms with E-state index < -0.39 is 9.84 Å². The van der Waals surface area contributed by atoms with Crippen LogP contribution in [0.1, 0.15) is 31.7 Å². The van der Waals surface area contributed by atoms with Crippen molar-refractivity contribution in [3.8, 4) is 5.75 Å². The SMILES string of the molecule is COc1cccc(NC(=O)CCS(=O)(=O)c2ccc3c(c2)CC(C)N3C(=O)C2CC2)c1. The quantitative estimate of drug-likeness (QED) is 0.711. The van der Waals surface area contributed by atoms with E-state index in [0.717, 1.165) is 24.1 Å². The maximum absolute atomic E-state index is 12.8. The van der Waals surface area contributed by atoms with Crippen molar-refractivity contribution in [1.82, 2.24) is 0 Å². The van der Waals surface area contributed by atoms with Crippen LogP contribution in [0.3, 0.4) is 0 Å². The van der Waals surface area contributed by atoms with Crippen molar-refractivity contribution in [3.63, 3.8) is 0 Å². The Morgan fingerprint density at radius 3 is 2.65 bits per heavy atom. The van der Waals surface area contributed by atoms with Crippen LogP contribution in [0, 0.1) is 5.92 Å². The number of fused-ring (bicyclic) bond motifs is 1. The molecular formula is C23H26N2O5S. The summed E-state index contributed by atoms with van der Waals surface area (Å²) in [5.74, 6) is 0.179. The molecule has 0 saturated heterocycles. The molecule has 4 rings (SSSR count). The first kappa shape index (κ1) is 21.4. The summed E-state index contributed by atoms with van der Waals surface area (Å²) in [6, 6.07) is 11.8. The van der Waals surface area contributed by atoms with Crippen LogP contribution in [-0.4, -0.2) is 39.1 Å². The van der Waals surface area contributed by atoms with Crippen molar-refractivity contribution in [2.45, 2.75) is 43.5 Å². The minimum Gasteiger partial charge on any atom is -0.497 e. The van der Waals surface area contributed by atoms with Crippen molar-refractivity contribution in [3.05, 3.63) is 48.0 Å². The third kappa shape index (κ3) is 4.58. The second-order valence-electron chi connectivity index (χ2n) is 8.18. The highest BCUT2D eigenvalue weighted by atomic mass is 32.2. The Morgan fingerprint density at radius 1 is 1.16 bits per heavy atom. The molecule has 1 fully saturated rings. The van der Waals surface area contributed by atoms with Crippen LogP contribution in [0.4, 0.5) is 11.4 Å². The molecule has 0 radical (unpaired) electrons. The van der Waals surface area contributed by atoms with Gasteiger partial charge in [-0.2, -0.15) is 0 Å². The lowest BCUT2D eigenvalue weighted by Crippen LogP contribution is -2.36. The average molecular weight is 443 g/mol. The van der Waals surface area contributed by atoms with Crippen LogP contribution in [0.5, 0.6) is 5.75 Å². The molecule has 1 aliphatic heterocycles. The van der Waals surface area contributed by atoms with E-state index in [1.165, 1.54) is 7.11 Å². The number of amides is 2. The van der Waals surface area contributed by atoms with Crippen molar-refractivity contribution in [2.24, 2.45) is 5.92 Å². The van der Waals surface area contributed by atoms with E-state index in [1.807, 2.05) is 11.8 Å². The summed E-state index contributed by atoms with van der Waals surface area (Å²) in [5, 5.41) is 2.70. The van der Waals surface area contributed by atoms with Crippen LogP contribution < -0.4 is 15.0 Å². The zero-order valence-corrected chi connectivity index (χ0v) is 18.4. The van der Waals surface area contributed by atoms with Crippen LogP contribution in [0.25, 0.3) is 0 Å². The van der Waals surface area contributed by atoms with Crippen LogP contribution >= 0.6 is 0 Å². The molecule has 1 unspecified atom stereocenters. The van der Waals surface area contributed by atoms with Gasteiger partial charge >= 0.3 is 0 Å². The summed E-state index contributed by atoms with van der Waals surface area (Å²) < 4.78 is 30.8. The second kappa shape index (κ2) is 8.34. The summed E-state index contributed by atoms with van der Waals surface area (Å²) >= 11 is 0. The Labute approximate surface area is 182 Å². The molecule has 164 valence electrons. The smallest absolute Gasteiger partial charge is 0.230 e. The molecule has 2 amide bonds. The van der Waals surface area contributed by atoms with Gasteiger partial charge in [0, 0.05) is 35.8 Å². The lowest BCUT2D eigenvalue weighted by molar-refractivity contribution is -0.120. The maximum atomic E-state index is 12.8. The number of carbonyl (C=O) groups is 2. The van der Waals surface area contributed by atoms with Gasteiger partial charge in [-0.05, 0) is 62.1 Å². The van der Waals surface area contributed by atoms with Crippen molar-refractivity contribution in [2.75, 3.05) is 23.1 Å². The van der Waals surface area contributed by atoms with Crippen molar-refractivity contribution >= 4 is 33.0 Å². The molecule has 0 aromatic heterocycles. The number of rotatable bonds is 7. The summed E-state index contributed by atoms with van der Waals surface area (Å²) in [4.78, 5) is 26.8. The van der Waals surface area contributed by atoms with E-state index in [9.17, 15) is 18.0 Å². The fourth-order valence-electron chi connectivity index (χ4n) is 3.93. The molecule has 1 heterocycles. The van der Waals surface area contributed by atoms with Gasteiger partial charge in [-0.15, -0.1) is 0 Å². The van der Waals surface area contributed by atoms with Crippen molar-refractivity contribution in [1.29, 1.82) is 0 Å². The minimum absolute atomic E-state index is 0.0229. The molecule has 0 spiro atoms. The van der Waals surface area contributed by atoms with Gasteiger partial charge in [-0.25, -0.2) is 8.42 Å². The Morgan fingerprint density at radius 2 is 1.94 bits per heavy atom. The Bertz CT molecular complexity index is 1120. The minimum atomic E-state index is -3.63. The first-order valence-electron chi connectivity index (χ1n) is 10.4. The fraction of sp³-hybridized carbons (Fsp3) is 0.391. The Hall–Kier alpha value is -2.87. The van der Waals surface area contributed by atoms with E-state index in [-0.39, 0.29) is 40.8 Å². The summed E-state index contributed by atoms with van der Waals surface area (Å²) in [6.45, 7) is 1.98. The highest BCUT2D eigenvalue weighted by molar-refractivity contribution is 7.91. The number of ether oxygens (including phenoxy) is 1. The number of hydrogen-bond donors (Lipinski definition) is 1. The fourth-order valence-corrected chi connectivity index (χ4v) is 5.22. The topological polar surface area (TPSA) is 92.8 Å². The van der Waals surface area contributed by atoms with Gasteiger partial charge in [-0.1, -0.05) is 6.07 Å². The molecule has 2 aliphatic rings. The number of carbonyl (C=O) groups excluding carboxylic acids is 2. The van der Waals surface area contributed by atoms with Crippen LogP contribution in [-0.2, 0) is 25.8 Å². The second-order valence-corrected chi connectivity index (χ2v) is 10.3. The number of sulfone groups is 1. The van der Waals surface area contributed by atoms with Crippen LogP contribution in [0.15, 0.2) is 47.4 Å². The van der Waals surface area contributed by atoms with E-state index in [4.69, 9.17) is 4.74 Å². The predicted molar refractivity (Wildman–Crippen MR) is 118 cm³/mol. The third-order valence-corrected chi connectivity index (χ3v) is 7.45. The molecular weight excluding hydrogens is 416 g/mol. The van der Waals surface area contributed by atoms with Crippen LogP contribution in [0.2, 0.25) is 0 Å². The molecule has 1 saturated carbocycles. The molecule has 0 bridgehead atoms. The summed E-state index contributed by atoms with van der Waals surface area (Å²) in [6.07, 6.45) is 2.34. The Kier molecular flexibility index (Phi) is 5.75. The average Bonchev–Trinajstić information content (AvgIpc) is 3.54. The maximum Gasteiger partial charge on any atom is 0.230 e. The number of anilines is 2. The zero-order chi connectivity index (χ0) is 22.2. The number of hydrogen-bond acceptors (Lipinski definition) is 5. The van der Waals surface area contributed by atoms with E-state index >= 15 is 0 Å². The molecule has 1 aliphatic carbocycles. The van der Waals surface area contributed by atoms with Crippen molar-refractivity contribution < 1.29 is 22.7 Å². The highest BCUT2D eigenvalue weighted by Crippen LogP contribution is 2.39. The largest absolute Gasteiger partial charge is 0.497 e. The normalized spacial score (nSPS) is 17.9. The zero-order valence-electron chi connectivity index (χ0n) is 17.6. The number of methoxy groups -OCH3 is 1. The first-order valence-corrected chi connectivity index (χ1v) is 12.1. The lowest BCUT2D eigenvalue weighted by atomic mass is 10.1. The van der Waals surface area contributed by atoms with Gasteiger partial charge in [0.05, 0.1) is 17.8 Å². The Balaban J connectivity index is 1.42. The summed E-state index contributed by atoms with van der Waals surface area (Å²) in [5.41, 5.74) is 2.22. The number of nitrogens with one attached hydrogen (secondary N) is 1. The summed E-state index contributed by atoms with van der Waals surface area (Å²) in [7, 11) is -2.10. The number of benzene rings is 2. The van der Waals surface area contributed by atoms with E-state index in [0.29, 0.717) is 17.9 Å².